The molecule has 0 saturated carbocycles. The summed E-state index contributed by atoms with van der Waals surface area (Å²) in [5, 5.41) is 14.3. The van der Waals surface area contributed by atoms with Crippen LogP contribution in [0.1, 0.15) is 50.0 Å². The van der Waals surface area contributed by atoms with E-state index in [4.69, 9.17) is 0 Å². The zero-order valence-electron chi connectivity index (χ0n) is 13.1. The number of carbonyl (C=O) groups is 1. The van der Waals surface area contributed by atoms with Crippen molar-refractivity contribution in [1.29, 1.82) is 0 Å². The van der Waals surface area contributed by atoms with Crippen LogP contribution in [0.2, 0.25) is 0 Å². The normalized spacial score (nSPS) is 18.9. The van der Waals surface area contributed by atoms with Gasteiger partial charge in [0, 0.05) is 13.1 Å². The van der Waals surface area contributed by atoms with E-state index in [1.54, 1.807) is 10.9 Å². The standard InChI is InChI=1S/C15H27N5O/c1-12(2)6-9-20-11-14(18-19-20)15(21)17-8-5-13-4-3-7-16-10-13/h11-13,16H,3-10H2,1-2H3,(H,17,21). The molecule has 2 rings (SSSR count). The van der Waals surface area contributed by atoms with Gasteiger partial charge in [-0.3, -0.25) is 9.48 Å². The smallest absolute Gasteiger partial charge is 0.273 e. The summed E-state index contributed by atoms with van der Waals surface area (Å²) in [6, 6.07) is 0. The lowest BCUT2D eigenvalue weighted by molar-refractivity contribution is 0.0945. The number of aryl methyl sites for hydroxylation is 1. The average molecular weight is 293 g/mol. The van der Waals surface area contributed by atoms with Crippen molar-refractivity contribution in [3.8, 4) is 0 Å². The third-order valence-electron chi connectivity index (χ3n) is 3.94. The van der Waals surface area contributed by atoms with Crippen molar-refractivity contribution in [2.24, 2.45) is 11.8 Å². The van der Waals surface area contributed by atoms with E-state index in [1.165, 1.54) is 12.8 Å². The van der Waals surface area contributed by atoms with Crippen LogP contribution in [0, 0.1) is 11.8 Å². The van der Waals surface area contributed by atoms with Crippen LogP contribution in [0.4, 0.5) is 0 Å². The lowest BCUT2D eigenvalue weighted by Crippen LogP contribution is -2.33. The second-order valence-corrected chi connectivity index (χ2v) is 6.31. The van der Waals surface area contributed by atoms with Gasteiger partial charge in [0.1, 0.15) is 0 Å². The maximum atomic E-state index is 12.0. The lowest BCUT2D eigenvalue weighted by atomic mass is 9.96. The minimum atomic E-state index is -0.116. The van der Waals surface area contributed by atoms with Crippen LogP contribution < -0.4 is 10.6 Å². The Balaban J connectivity index is 1.70. The van der Waals surface area contributed by atoms with Crippen LogP contribution >= 0.6 is 0 Å². The largest absolute Gasteiger partial charge is 0.351 e. The predicted molar refractivity (Wildman–Crippen MR) is 82.0 cm³/mol. The molecule has 1 aromatic heterocycles. The van der Waals surface area contributed by atoms with E-state index in [-0.39, 0.29) is 5.91 Å². The summed E-state index contributed by atoms with van der Waals surface area (Å²) in [5.41, 5.74) is 0.417. The molecule has 0 spiro atoms. The van der Waals surface area contributed by atoms with Gasteiger partial charge >= 0.3 is 0 Å². The van der Waals surface area contributed by atoms with Crippen molar-refractivity contribution < 1.29 is 4.79 Å². The zero-order chi connectivity index (χ0) is 15.1. The molecule has 118 valence electrons. The van der Waals surface area contributed by atoms with E-state index in [1.807, 2.05) is 0 Å². The number of hydrogen-bond acceptors (Lipinski definition) is 4. The Morgan fingerprint density at radius 2 is 2.43 bits per heavy atom. The molecule has 2 heterocycles. The van der Waals surface area contributed by atoms with Gasteiger partial charge in [-0.2, -0.15) is 0 Å². The van der Waals surface area contributed by atoms with Gasteiger partial charge in [-0.25, -0.2) is 0 Å². The van der Waals surface area contributed by atoms with Gasteiger partial charge in [-0.05, 0) is 50.6 Å². The van der Waals surface area contributed by atoms with Crippen molar-refractivity contribution in [3.63, 3.8) is 0 Å². The number of nitrogens with one attached hydrogen (secondary N) is 2. The molecule has 0 aliphatic carbocycles. The summed E-state index contributed by atoms with van der Waals surface area (Å²) in [6.45, 7) is 8.06. The van der Waals surface area contributed by atoms with Crippen molar-refractivity contribution in [3.05, 3.63) is 11.9 Å². The number of hydrogen-bond donors (Lipinski definition) is 2. The van der Waals surface area contributed by atoms with Crippen LogP contribution in [0.15, 0.2) is 6.20 Å². The van der Waals surface area contributed by atoms with E-state index in [9.17, 15) is 4.79 Å². The number of aromatic nitrogens is 3. The van der Waals surface area contributed by atoms with Crippen molar-refractivity contribution in [2.75, 3.05) is 19.6 Å². The first-order valence-electron chi connectivity index (χ1n) is 8.04. The lowest BCUT2D eigenvalue weighted by Gasteiger charge is -2.22. The number of piperidine rings is 1. The van der Waals surface area contributed by atoms with Gasteiger partial charge < -0.3 is 10.6 Å². The molecule has 1 aliphatic heterocycles. The van der Waals surface area contributed by atoms with E-state index >= 15 is 0 Å². The summed E-state index contributed by atoms with van der Waals surface area (Å²) < 4.78 is 1.75. The first-order chi connectivity index (χ1) is 10.1. The van der Waals surface area contributed by atoms with Crippen LogP contribution in [0.5, 0.6) is 0 Å². The molecule has 21 heavy (non-hydrogen) atoms. The second-order valence-electron chi connectivity index (χ2n) is 6.31. The highest BCUT2D eigenvalue weighted by Crippen LogP contribution is 2.12. The molecular weight excluding hydrogens is 266 g/mol. The highest BCUT2D eigenvalue weighted by molar-refractivity contribution is 5.91. The molecule has 1 fully saturated rings. The summed E-state index contributed by atoms with van der Waals surface area (Å²) in [5.74, 6) is 1.19. The Morgan fingerprint density at radius 3 is 3.14 bits per heavy atom. The molecule has 2 N–H and O–H groups in total. The monoisotopic (exact) mass is 293 g/mol. The van der Waals surface area contributed by atoms with Crippen LogP contribution in [0.3, 0.4) is 0 Å². The summed E-state index contributed by atoms with van der Waals surface area (Å²) in [6.07, 6.45) is 6.30. The maximum Gasteiger partial charge on any atom is 0.273 e. The Labute approximate surface area is 126 Å². The molecule has 0 bridgehead atoms. The van der Waals surface area contributed by atoms with Crippen molar-refractivity contribution in [2.45, 2.75) is 46.1 Å². The van der Waals surface area contributed by atoms with Gasteiger partial charge in [0.25, 0.3) is 5.91 Å². The second kappa shape index (κ2) is 8.12. The zero-order valence-corrected chi connectivity index (χ0v) is 13.1. The molecule has 0 aromatic carbocycles. The van der Waals surface area contributed by atoms with Crippen molar-refractivity contribution >= 4 is 5.91 Å². The van der Waals surface area contributed by atoms with E-state index in [0.717, 1.165) is 32.5 Å². The maximum absolute atomic E-state index is 12.0. The number of rotatable bonds is 7. The molecule has 1 amide bonds. The molecule has 1 unspecified atom stereocenters. The van der Waals surface area contributed by atoms with Gasteiger partial charge in [0.15, 0.2) is 5.69 Å². The molecule has 1 saturated heterocycles. The number of carbonyl (C=O) groups excluding carboxylic acids is 1. The van der Waals surface area contributed by atoms with E-state index in [2.05, 4.69) is 34.8 Å². The Morgan fingerprint density at radius 1 is 1.57 bits per heavy atom. The third kappa shape index (κ3) is 5.46. The minimum Gasteiger partial charge on any atom is -0.351 e. The van der Waals surface area contributed by atoms with Gasteiger partial charge in [-0.1, -0.05) is 19.1 Å². The number of amides is 1. The predicted octanol–water partition coefficient (Wildman–Crippen LogP) is 1.44. The quantitative estimate of drug-likeness (QED) is 0.798. The molecule has 6 heteroatoms. The minimum absolute atomic E-state index is 0.116. The van der Waals surface area contributed by atoms with E-state index in [0.29, 0.717) is 24.1 Å². The molecule has 1 aromatic rings. The summed E-state index contributed by atoms with van der Waals surface area (Å²) in [4.78, 5) is 12.0. The highest BCUT2D eigenvalue weighted by Gasteiger charge is 2.14. The molecule has 1 aliphatic rings. The summed E-state index contributed by atoms with van der Waals surface area (Å²) >= 11 is 0. The fourth-order valence-electron chi connectivity index (χ4n) is 2.55. The fraction of sp³-hybridized carbons (Fsp3) is 0.800. The Kier molecular flexibility index (Phi) is 6.17. The van der Waals surface area contributed by atoms with Gasteiger partial charge in [-0.15, -0.1) is 5.10 Å². The van der Waals surface area contributed by atoms with Crippen LogP contribution in [-0.4, -0.2) is 40.5 Å². The van der Waals surface area contributed by atoms with E-state index < -0.39 is 0 Å². The van der Waals surface area contributed by atoms with Gasteiger partial charge in [0.05, 0.1) is 6.20 Å². The summed E-state index contributed by atoms with van der Waals surface area (Å²) in [7, 11) is 0. The topological polar surface area (TPSA) is 71.8 Å². The first kappa shape index (κ1) is 15.9. The first-order valence-corrected chi connectivity index (χ1v) is 8.04. The average Bonchev–Trinajstić information content (AvgIpc) is 2.95. The highest BCUT2D eigenvalue weighted by atomic mass is 16.2. The molecule has 1 atom stereocenters. The fourth-order valence-corrected chi connectivity index (χ4v) is 2.55. The number of nitrogens with zero attached hydrogens (tertiary/aromatic N) is 3. The van der Waals surface area contributed by atoms with Crippen LogP contribution in [-0.2, 0) is 6.54 Å². The Hall–Kier alpha value is -1.43. The van der Waals surface area contributed by atoms with Crippen LogP contribution in [0.25, 0.3) is 0 Å². The molecule has 6 nitrogen and oxygen atoms in total. The SMILES string of the molecule is CC(C)CCn1cc(C(=O)NCCC2CCCNC2)nn1. The molecule has 0 radical (unpaired) electrons. The third-order valence-corrected chi connectivity index (χ3v) is 3.94. The van der Waals surface area contributed by atoms with Gasteiger partial charge in [0.2, 0.25) is 0 Å². The van der Waals surface area contributed by atoms with Crippen molar-refractivity contribution in [1.82, 2.24) is 25.6 Å². The Bertz CT molecular complexity index is 437. The molecular formula is C15H27N5O.